The fourth-order valence-electron chi connectivity index (χ4n) is 2.98. The van der Waals surface area contributed by atoms with Gasteiger partial charge in [-0.3, -0.25) is 0 Å². The Kier molecular flexibility index (Phi) is 3.93. The molecule has 1 atom stereocenters. The lowest BCUT2D eigenvalue weighted by Gasteiger charge is -2.38. The topological polar surface area (TPSA) is 60.6 Å². The second-order valence-corrected chi connectivity index (χ2v) is 6.69. The third kappa shape index (κ3) is 3.04. The zero-order chi connectivity index (χ0) is 15.9. The van der Waals surface area contributed by atoms with E-state index in [2.05, 4.69) is 10.1 Å². The average molecular weight is 356 g/mol. The predicted molar refractivity (Wildman–Crippen MR) is 86.1 cm³/mol. The predicted octanol–water partition coefficient (Wildman–Crippen LogP) is 3.04. The van der Waals surface area contributed by atoms with Crippen molar-refractivity contribution in [1.82, 2.24) is 10.1 Å². The van der Waals surface area contributed by atoms with E-state index in [1.54, 1.807) is 18.2 Å². The minimum Gasteiger partial charge on any atom is -0.378 e. The zero-order valence-electron chi connectivity index (χ0n) is 12.3. The van der Waals surface area contributed by atoms with Crippen molar-refractivity contribution in [3.8, 4) is 11.4 Å². The van der Waals surface area contributed by atoms with Crippen molar-refractivity contribution in [3.63, 3.8) is 0 Å². The van der Waals surface area contributed by atoms with Gasteiger partial charge in [-0.2, -0.15) is 4.98 Å². The summed E-state index contributed by atoms with van der Waals surface area (Å²) in [6.07, 6.45) is 0.883. The molecule has 4 rings (SSSR count). The van der Waals surface area contributed by atoms with Crippen LogP contribution in [0.3, 0.4) is 0 Å². The fourth-order valence-corrected chi connectivity index (χ4v) is 3.51. The van der Waals surface area contributed by atoms with Crippen LogP contribution in [0.5, 0.6) is 0 Å². The third-order valence-electron chi connectivity index (χ3n) is 4.12. The maximum Gasteiger partial charge on any atom is 0.324 e. The van der Waals surface area contributed by atoms with Crippen molar-refractivity contribution in [2.24, 2.45) is 0 Å². The summed E-state index contributed by atoms with van der Waals surface area (Å²) in [5.41, 5.74) is 0.469. The van der Waals surface area contributed by atoms with E-state index in [0.29, 0.717) is 48.2 Å². The molecule has 0 saturated carbocycles. The number of nitrogens with zero attached hydrogens (tertiary/aromatic N) is 3. The molecule has 1 aromatic heterocycles. The number of aromatic nitrogens is 2. The summed E-state index contributed by atoms with van der Waals surface area (Å²) in [4.78, 5) is 6.52. The van der Waals surface area contributed by atoms with Gasteiger partial charge in [-0.1, -0.05) is 28.4 Å². The first-order valence-electron chi connectivity index (χ1n) is 7.40. The van der Waals surface area contributed by atoms with E-state index in [1.807, 2.05) is 4.90 Å². The number of ether oxygens (including phenoxy) is 2. The molecule has 0 N–H and O–H groups in total. The molecule has 122 valence electrons. The van der Waals surface area contributed by atoms with Crippen LogP contribution in [0.15, 0.2) is 22.7 Å². The summed E-state index contributed by atoms with van der Waals surface area (Å²) in [6.45, 7) is 3.34. The third-order valence-corrected chi connectivity index (χ3v) is 4.56. The largest absolute Gasteiger partial charge is 0.378 e. The Balaban J connectivity index is 1.57. The Labute approximate surface area is 143 Å². The molecule has 8 heteroatoms. The maximum absolute atomic E-state index is 6.03. The van der Waals surface area contributed by atoms with E-state index < -0.39 is 0 Å². The van der Waals surface area contributed by atoms with Crippen LogP contribution in [0, 0.1) is 0 Å². The van der Waals surface area contributed by atoms with Gasteiger partial charge in [-0.05, 0) is 18.2 Å². The van der Waals surface area contributed by atoms with Crippen LogP contribution < -0.4 is 4.90 Å². The van der Waals surface area contributed by atoms with Crippen LogP contribution in [-0.4, -0.2) is 48.7 Å². The van der Waals surface area contributed by atoms with E-state index in [9.17, 15) is 0 Å². The monoisotopic (exact) mass is 355 g/mol. The van der Waals surface area contributed by atoms with Gasteiger partial charge in [-0.15, -0.1) is 0 Å². The standard InChI is InChI=1S/C15H15Cl2N3O3/c16-11-5-10(6-12(17)7-11)13-18-14(23-19-13)20-2-4-22-15(8-20)1-3-21-9-15/h5-7H,1-4,8-9H2. The molecule has 2 saturated heterocycles. The fraction of sp³-hybridized carbons (Fsp3) is 0.467. The quantitative estimate of drug-likeness (QED) is 0.824. The van der Waals surface area contributed by atoms with Crippen molar-refractivity contribution in [1.29, 1.82) is 0 Å². The number of benzene rings is 1. The zero-order valence-corrected chi connectivity index (χ0v) is 13.8. The molecular weight excluding hydrogens is 341 g/mol. The van der Waals surface area contributed by atoms with Gasteiger partial charge < -0.3 is 18.9 Å². The highest BCUT2D eigenvalue weighted by molar-refractivity contribution is 6.35. The van der Waals surface area contributed by atoms with Gasteiger partial charge in [0.1, 0.15) is 5.60 Å². The SMILES string of the molecule is Clc1cc(Cl)cc(-c2noc(N3CCOC4(CCOC4)C3)n2)c1. The molecule has 1 aromatic carbocycles. The first-order valence-corrected chi connectivity index (χ1v) is 8.16. The van der Waals surface area contributed by atoms with E-state index in [4.69, 9.17) is 37.2 Å². The smallest absolute Gasteiger partial charge is 0.324 e. The molecule has 1 unspecified atom stereocenters. The van der Waals surface area contributed by atoms with Crippen LogP contribution in [0.2, 0.25) is 10.0 Å². The van der Waals surface area contributed by atoms with Crippen LogP contribution >= 0.6 is 23.2 Å². The Morgan fingerprint density at radius 1 is 1.13 bits per heavy atom. The Morgan fingerprint density at radius 2 is 1.96 bits per heavy atom. The van der Waals surface area contributed by atoms with Crippen molar-refractivity contribution in [2.45, 2.75) is 12.0 Å². The minimum absolute atomic E-state index is 0.258. The number of morpholine rings is 1. The summed E-state index contributed by atoms with van der Waals surface area (Å²) in [6, 6.07) is 5.66. The van der Waals surface area contributed by atoms with Gasteiger partial charge in [0.25, 0.3) is 0 Å². The molecule has 6 nitrogen and oxygen atoms in total. The average Bonchev–Trinajstić information content (AvgIpc) is 3.16. The lowest BCUT2D eigenvalue weighted by molar-refractivity contribution is -0.0591. The molecule has 2 aliphatic rings. The van der Waals surface area contributed by atoms with Crippen LogP contribution in [0.4, 0.5) is 6.01 Å². The molecule has 0 bridgehead atoms. The van der Waals surface area contributed by atoms with Crippen LogP contribution in [0.25, 0.3) is 11.4 Å². The van der Waals surface area contributed by atoms with Gasteiger partial charge in [-0.25, -0.2) is 0 Å². The molecule has 3 heterocycles. The lowest BCUT2D eigenvalue weighted by atomic mass is 10.0. The number of halogens is 2. The molecule has 23 heavy (non-hydrogen) atoms. The number of anilines is 1. The molecular formula is C15H15Cl2N3O3. The van der Waals surface area contributed by atoms with Gasteiger partial charge in [0.05, 0.1) is 19.8 Å². The lowest BCUT2D eigenvalue weighted by Crippen LogP contribution is -2.52. The maximum atomic E-state index is 6.03. The van der Waals surface area contributed by atoms with E-state index in [1.165, 1.54) is 0 Å². The summed E-state index contributed by atoms with van der Waals surface area (Å²) in [5.74, 6) is 0.465. The van der Waals surface area contributed by atoms with Crippen molar-refractivity contribution >= 4 is 29.2 Å². The molecule has 2 fully saturated rings. The van der Waals surface area contributed by atoms with Crippen LogP contribution in [-0.2, 0) is 9.47 Å². The van der Waals surface area contributed by atoms with E-state index in [0.717, 1.165) is 18.6 Å². The molecule has 2 aromatic rings. The molecule has 2 aliphatic heterocycles. The second kappa shape index (κ2) is 5.94. The van der Waals surface area contributed by atoms with Crippen LogP contribution in [0.1, 0.15) is 6.42 Å². The molecule has 0 amide bonds. The second-order valence-electron chi connectivity index (χ2n) is 5.81. The summed E-state index contributed by atoms with van der Waals surface area (Å²) < 4.78 is 16.8. The summed E-state index contributed by atoms with van der Waals surface area (Å²) in [5, 5.41) is 5.11. The van der Waals surface area contributed by atoms with E-state index >= 15 is 0 Å². The van der Waals surface area contributed by atoms with Crippen molar-refractivity contribution < 1.29 is 14.0 Å². The van der Waals surface area contributed by atoms with Gasteiger partial charge in [0, 0.05) is 35.2 Å². The number of hydrogen-bond acceptors (Lipinski definition) is 6. The van der Waals surface area contributed by atoms with Gasteiger partial charge in [0.15, 0.2) is 0 Å². The van der Waals surface area contributed by atoms with E-state index in [-0.39, 0.29) is 5.60 Å². The normalized spacial score (nSPS) is 24.5. The summed E-state index contributed by atoms with van der Waals surface area (Å²) >= 11 is 12.1. The molecule has 0 radical (unpaired) electrons. The van der Waals surface area contributed by atoms with Crippen molar-refractivity contribution in [2.75, 3.05) is 37.8 Å². The first-order chi connectivity index (χ1) is 11.1. The molecule has 0 aliphatic carbocycles. The van der Waals surface area contributed by atoms with Gasteiger partial charge >= 0.3 is 6.01 Å². The highest BCUT2D eigenvalue weighted by Crippen LogP contribution is 2.31. The minimum atomic E-state index is -0.258. The Hall–Kier alpha value is -1.34. The summed E-state index contributed by atoms with van der Waals surface area (Å²) in [7, 11) is 0. The number of rotatable bonds is 2. The van der Waals surface area contributed by atoms with Gasteiger partial charge in [0.2, 0.25) is 5.82 Å². The Bertz CT molecular complexity index is 695. The highest BCUT2D eigenvalue weighted by atomic mass is 35.5. The Morgan fingerprint density at radius 3 is 2.70 bits per heavy atom. The number of hydrogen-bond donors (Lipinski definition) is 0. The first kappa shape index (κ1) is 15.2. The van der Waals surface area contributed by atoms with Crippen molar-refractivity contribution in [3.05, 3.63) is 28.2 Å². The molecule has 1 spiro atoms. The highest BCUT2D eigenvalue weighted by Gasteiger charge is 2.41.